The molecule has 2 unspecified atom stereocenters. The van der Waals surface area contributed by atoms with Gasteiger partial charge in [0.15, 0.2) is 0 Å². The van der Waals surface area contributed by atoms with Crippen molar-refractivity contribution in [3.63, 3.8) is 0 Å². The van der Waals surface area contributed by atoms with E-state index in [0.717, 1.165) is 24.4 Å². The van der Waals surface area contributed by atoms with E-state index in [1.165, 1.54) is 12.0 Å². The Labute approximate surface area is 102 Å². The second-order valence-corrected chi connectivity index (χ2v) is 4.92. The summed E-state index contributed by atoms with van der Waals surface area (Å²) in [6.45, 7) is 3.67. The van der Waals surface area contributed by atoms with Gasteiger partial charge in [0.05, 0.1) is 0 Å². The van der Waals surface area contributed by atoms with E-state index in [-0.39, 0.29) is 5.91 Å². The Bertz CT molecular complexity index is 386. The third-order valence-electron chi connectivity index (χ3n) is 3.45. The zero-order valence-corrected chi connectivity index (χ0v) is 10.3. The number of nitrogens with one attached hydrogen (secondary N) is 1. The SMILES string of the molecule is CC1CC1CNC(=O)c1ccc(CCN)cc1. The third kappa shape index (κ3) is 3.30. The number of hydrogen-bond donors (Lipinski definition) is 2. The molecule has 0 radical (unpaired) electrons. The molecule has 1 fully saturated rings. The van der Waals surface area contributed by atoms with E-state index in [2.05, 4.69) is 12.2 Å². The minimum atomic E-state index is 0.0309. The number of carbonyl (C=O) groups excluding carboxylic acids is 1. The van der Waals surface area contributed by atoms with Crippen molar-refractivity contribution in [2.45, 2.75) is 19.8 Å². The van der Waals surface area contributed by atoms with Crippen LogP contribution in [0.4, 0.5) is 0 Å². The molecule has 3 heteroatoms. The Morgan fingerprint density at radius 1 is 1.41 bits per heavy atom. The topological polar surface area (TPSA) is 55.1 Å². The number of benzene rings is 1. The van der Waals surface area contributed by atoms with Crippen LogP contribution in [0.15, 0.2) is 24.3 Å². The van der Waals surface area contributed by atoms with Crippen LogP contribution in [0.3, 0.4) is 0 Å². The van der Waals surface area contributed by atoms with Crippen LogP contribution in [0.2, 0.25) is 0 Å². The van der Waals surface area contributed by atoms with E-state index in [0.29, 0.717) is 12.5 Å². The molecule has 17 heavy (non-hydrogen) atoms. The summed E-state index contributed by atoms with van der Waals surface area (Å²) in [5.74, 6) is 1.50. The Balaban J connectivity index is 1.85. The number of carbonyl (C=O) groups is 1. The number of amides is 1. The van der Waals surface area contributed by atoms with Crippen LogP contribution in [0.1, 0.15) is 29.3 Å². The van der Waals surface area contributed by atoms with Gasteiger partial charge in [-0.3, -0.25) is 4.79 Å². The summed E-state index contributed by atoms with van der Waals surface area (Å²) < 4.78 is 0. The predicted molar refractivity (Wildman–Crippen MR) is 68.8 cm³/mol. The van der Waals surface area contributed by atoms with Gasteiger partial charge in [-0.2, -0.15) is 0 Å². The first-order valence-corrected chi connectivity index (χ1v) is 6.28. The molecule has 0 heterocycles. The molecule has 0 aromatic heterocycles. The van der Waals surface area contributed by atoms with Crippen LogP contribution in [-0.2, 0) is 6.42 Å². The lowest BCUT2D eigenvalue weighted by molar-refractivity contribution is 0.0951. The van der Waals surface area contributed by atoms with E-state index in [1.807, 2.05) is 24.3 Å². The maximum Gasteiger partial charge on any atom is 0.251 e. The van der Waals surface area contributed by atoms with Crippen LogP contribution in [0.5, 0.6) is 0 Å². The van der Waals surface area contributed by atoms with Gasteiger partial charge in [0.1, 0.15) is 0 Å². The molecule has 2 rings (SSSR count). The van der Waals surface area contributed by atoms with Crippen molar-refractivity contribution in [2.75, 3.05) is 13.1 Å². The molecule has 2 atom stereocenters. The molecule has 1 saturated carbocycles. The molecule has 1 aromatic rings. The molecular weight excluding hydrogens is 212 g/mol. The molecule has 92 valence electrons. The highest BCUT2D eigenvalue weighted by Crippen LogP contribution is 2.36. The molecule has 3 nitrogen and oxygen atoms in total. The van der Waals surface area contributed by atoms with Crippen molar-refractivity contribution in [1.29, 1.82) is 0 Å². The smallest absolute Gasteiger partial charge is 0.251 e. The number of nitrogens with two attached hydrogens (primary N) is 1. The molecular formula is C14H20N2O. The van der Waals surface area contributed by atoms with Gasteiger partial charge in [0.25, 0.3) is 5.91 Å². The van der Waals surface area contributed by atoms with Crippen LogP contribution in [-0.4, -0.2) is 19.0 Å². The normalized spacial score (nSPS) is 22.2. The molecule has 0 bridgehead atoms. The molecule has 3 N–H and O–H groups in total. The highest BCUT2D eigenvalue weighted by atomic mass is 16.1. The van der Waals surface area contributed by atoms with Crippen LogP contribution in [0, 0.1) is 11.8 Å². The highest BCUT2D eigenvalue weighted by Gasteiger charge is 2.32. The monoisotopic (exact) mass is 232 g/mol. The van der Waals surface area contributed by atoms with E-state index in [9.17, 15) is 4.79 Å². The van der Waals surface area contributed by atoms with E-state index in [1.54, 1.807) is 0 Å². The standard InChI is InChI=1S/C14H20N2O/c1-10-8-13(10)9-16-14(17)12-4-2-11(3-5-12)6-7-15/h2-5,10,13H,6-9,15H2,1H3,(H,16,17). The molecule has 0 aliphatic heterocycles. The second kappa shape index (κ2) is 5.32. The van der Waals surface area contributed by atoms with E-state index >= 15 is 0 Å². The number of hydrogen-bond acceptors (Lipinski definition) is 2. The minimum absolute atomic E-state index is 0.0309. The fraction of sp³-hybridized carbons (Fsp3) is 0.500. The Morgan fingerprint density at radius 2 is 2.06 bits per heavy atom. The second-order valence-electron chi connectivity index (χ2n) is 4.92. The fourth-order valence-corrected chi connectivity index (χ4v) is 2.00. The lowest BCUT2D eigenvalue weighted by atomic mass is 10.1. The Morgan fingerprint density at radius 3 is 2.59 bits per heavy atom. The minimum Gasteiger partial charge on any atom is -0.352 e. The summed E-state index contributed by atoms with van der Waals surface area (Å²) in [6.07, 6.45) is 2.11. The van der Waals surface area contributed by atoms with Gasteiger partial charge in [0.2, 0.25) is 0 Å². The zero-order chi connectivity index (χ0) is 12.3. The molecule has 1 amide bonds. The highest BCUT2D eigenvalue weighted by molar-refractivity contribution is 5.94. The van der Waals surface area contributed by atoms with Gasteiger partial charge < -0.3 is 11.1 Å². The average molecular weight is 232 g/mol. The first-order valence-electron chi connectivity index (χ1n) is 6.28. The first-order chi connectivity index (χ1) is 8.20. The largest absolute Gasteiger partial charge is 0.352 e. The van der Waals surface area contributed by atoms with Gasteiger partial charge in [-0.05, 0) is 48.9 Å². The molecule has 1 aliphatic carbocycles. The van der Waals surface area contributed by atoms with E-state index in [4.69, 9.17) is 5.73 Å². The summed E-state index contributed by atoms with van der Waals surface area (Å²) in [6, 6.07) is 7.69. The van der Waals surface area contributed by atoms with Crippen molar-refractivity contribution in [1.82, 2.24) is 5.32 Å². The van der Waals surface area contributed by atoms with Gasteiger partial charge in [-0.15, -0.1) is 0 Å². The van der Waals surface area contributed by atoms with Crippen molar-refractivity contribution in [3.05, 3.63) is 35.4 Å². The Kier molecular flexibility index (Phi) is 3.79. The van der Waals surface area contributed by atoms with Crippen LogP contribution < -0.4 is 11.1 Å². The van der Waals surface area contributed by atoms with Gasteiger partial charge in [0, 0.05) is 12.1 Å². The summed E-state index contributed by atoms with van der Waals surface area (Å²) in [7, 11) is 0. The average Bonchev–Trinajstić information content (AvgIpc) is 3.04. The first kappa shape index (κ1) is 12.1. The fourth-order valence-electron chi connectivity index (χ4n) is 2.00. The summed E-state index contributed by atoms with van der Waals surface area (Å²) in [5, 5.41) is 2.98. The van der Waals surface area contributed by atoms with Crippen molar-refractivity contribution < 1.29 is 4.79 Å². The van der Waals surface area contributed by atoms with Crippen LogP contribution in [0.25, 0.3) is 0 Å². The molecule has 1 aliphatic rings. The summed E-state index contributed by atoms with van der Waals surface area (Å²) >= 11 is 0. The van der Waals surface area contributed by atoms with E-state index < -0.39 is 0 Å². The lowest BCUT2D eigenvalue weighted by Gasteiger charge is -2.05. The lowest BCUT2D eigenvalue weighted by Crippen LogP contribution is -2.25. The van der Waals surface area contributed by atoms with Gasteiger partial charge in [-0.1, -0.05) is 19.1 Å². The Hall–Kier alpha value is -1.35. The molecule has 0 saturated heterocycles. The molecule has 0 spiro atoms. The van der Waals surface area contributed by atoms with Crippen molar-refractivity contribution >= 4 is 5.91 Å². The maximum atomic E-state index is 11.8. The predicted octanol–water partition coefficient (Wildman–Crippen LogP) is 1.57. The molecule has 1 aromatic carbocycles. The quantitative estimate of drug-likeness (QED) is 0.809. The number of rotatable bonds is 5. The summed E-state index contributed by atoms with van der Waals surface area (Å²) in [5.41, 5.74) is 7.40. The maximum absolute atomic E-state index is 11.8. The van der Waals surface area contributed by atoms with Crippen molar-refractivity contribution in [3.8, 4) is 0 Å². The van der Waals surface area contributed by atoms with Gasteiger partial charge in [-0.25, -0.2) is 0 Å². The van der Waals surface area contributed by atoms with Crippen LogP contribution >= 0.6 is 0 Å². The summed E-state index contributed by atoms with van der Waals surface area (Å²) in [4.78, 5) is 11.8. The van der Waals surface area contributed by atoms with Crippen molar-refractivity contribution in [2.24, 2.45) is 17.6 Å². The zero-order valence-electron chi connectivity index (χ0n) is 10.3. The third-order valence-corrected chi connectivity index (χ3v) is 3.45. The van der Waals surface area contributed by atoms with Gasteiger partial charge >= 0.3 is 0 Å².